The van der Waals surface area contributed by atoms with Crippen LogP contribution in [-0.2, 0) is 16.3 Å². The Balaban J connectivity index is 1.52. The second-order valence-corrected chi connectivity index (χ2v) is 7.06. The summed E-state index contributed by atoms with van der Waals surface area (Å²) in [5.74, 6) is 3.95. The van der Waals surface area contributed by atoms with Crippen LogP contribution >= 0.6 is 35.1 Å². The van der Waals surface area contributed by atoms with Crippen LogP contribution in [0.2, 0.25) is 5.02 Å². The number of halogens is 1. The fourth-order valence-electron chi connectivity index (χ4n) is 1.75. The van der Waals surface area contributed by atoms with E-state index in [0.29, 0.717) is 12.3 Å². The summed E-state index contributed by atoms with van der Waals surface area (Å²) in [6.45, 7) is 0.677. The van der Waals surface area contributed by atoms with Crippen molar-refractivity contribution in [2.75, 3.05) is 18.1 Å². The molecule has 1 heterocycles. The lowest BCUT2D eigenvalue weighted by molar-refractivity contribution is -0.118. The Labute approximate surface area is 144 Å². The molecule has 1 amide bonds. The molecule has 0 aliphatic rings. The zero-order valence-corrected chi connectivity index (χ0v) is 14.5. The lowest BCUT2D eigenvalue weighted by Crippen LogP contribution is -2.27. The molecule has 0 aliphatic heterocycles. The minimum atomic E-state index is 0.0654. The van der Waals surface area contributed by atoms with Gasteiger partial charge in [-0.1, -0.05) is 29.8 Å². The Hall–Kier alpha value is -1.04. The summed E-state index contributed by atoms with van der Waals surface area (Å²) in [6.07, 6.45) is 1.67. The van der Waals surface area contributed by atoms with Crippen molar-refractivity contribution in [3.8, 4) is 0 Å². The highest BCUT2D eigenvalue weighted by Gasteiger charge is 2.04. The van der Waals surface area contributed by atoms with Crippen molar-refractivity contribution in [2.45, 2.75) is 11.5 Å². The molecule has 1 aromatic carbocycles. The number of thioether (sulfide) groups is 2. The van der Waals surface area contributed by atoms with Crippen molar-refractivity contribution >= 4 is 41.0 Å². The van der Waals surface area contributed by atoms with Gasteiger partial charge in [0, 0.05) is 23.1 Å². The van der Waals surface area contributed by atoms with Crippen LogP contribution in [0, 0.1) is 0 Å². The SMILES string of the molecule is O=C(CSCc1ccccc1Cl)NCCSCc1ccco1. The number of hydrogen-bond acceptors (Lipinski definition) is 4. The van der Waals surface area contributed by atoms with Gasteiger partial charge >= 0.3 is 0 Å². The number of benzene rings is 1. The van der Waals surface area contributed by atoms with Crippen LogP contribution in [0.4, 0.5) is 0 Å². The van der Waals surface area contributed by atoms with Gasteiger partial charge in [0.05, 0.1) is 17.8 Å². The molecular weight excluding hydrogens is 338 g/mol. The molecule has 2 aromatic rings. The van der Waals surface area contributed by atoms with E-state index in [9.17, 15) is 4.79 Å². The Morgan fingerprint density at radius 2 is 2.00 bits per heavy atom. The van der Waals surface area contributed by atoms with Gasteiger partial charge in [-0.05, 0) is 23.8 Å². The summed E-state index contributed by atoms with van der Waals surface area (Å²) in [4.78, 5) is 11.7. The number of hydrogen-bond donors (Lipinski definition) is 1. The molecule has 0 spiro atoms. The van der Waals surface area contributed by atoms with Crippen LogP contribution in [0.15, 0.2) is 47.1 Å². The van der Waals surface area contributed by atoms with Crippen LogP contribution in [0.5, 0.6) is 0 Å². The second kappa shape index (κ2) is 9.87. The molecule has 0 radical (unpaired) electrons. The molecule has 0 saturated carbocycles. The average Bonchev–Trinajstić information content (AvgIpc) is 3.02. The predicted octanol–water partition coefficient (Wildman–Crippen LogP) is 4.22. The first-order chi connectivity index (χ1) is 10.8. The first-order valence-electron chi connectivity index (χ1n) is 6.93. The predicted molar refractivity (Wildman–Crippen MR) is 95.5 cm³/mol. The molecule has 1 aromatic heterocycles. The number of rotatable bonds is 9. The molecule has 118 valence electrons. The van der Waals surface area contributed by atoms with E-state index in [2.05, 4.69) is 5.32 Å². The monoisotopic (exact) mass is 355 g/mol. The third-order valence-corrected chi connectivity index (χ3v) is 5.17. The lowest BCUT2D eigenvalue weighted by atomic mass is 10.2. The Bertz CT molecular complexity index is 575. The zero-order valence-electron chi connectivity index (χ0n) is 12.1. The molecule has 0 saturated heterocycles. The molecule has 2 rings (SSSR count). The highest BCUT2D eigenvalue weighted by molar-refractivity contribution is 7.99. The topological polar surface area (TPSA) is 42.2 Å². The number of nitrogens with one attached hydrogen (secondary N) is 1. The maximum atomic E-state index is 11.7. The maximum Gasteiger partial charge on any atom is 0.230 e. The summed E-state index contributed by atoms with van der Waals surface area (Å²) >= 11 is 9.39. The van der Waals surface area contributed by atoms with Crippen molar-refractivity contribution in [3.63, 3.8) is 0 Å². The van der Waals surface area contributed by atoms with E-state index < -0.39 is 0 Å². The first-order valence-corrected chi connectivity index (χ1v) is 9.62. The van der Waals surface area contributed by atoms with Crippen LogP contribution in [0.1, 0.15) is 11.3 Å². The molecule has 0 unspecified atom stereocenters. The van der Waals surface area contributed by atoms with Gasteiger partial charge in [-0.25, -0.2) is 0 Å². The van der Waals surface area contributed by atoms with Crippen molar-refractivity contribution in [3.05, 3.63) is 59.0 Å². The Morgan fingerprint density at radius 3 is 2.77 bits per heavy atom. The van der Waals surface area contributed by atoms with E-state index in [1.165, 1.54) is 0 Å². The summed E-state index contributed by atoms with van der Waals surface area (Å²) in [6, 6.07) is 11.6. The fraction of sp³-hybridized carbons (Fsp3) is 0.312. The fourth-order valence-corrected chi connectivity index (χ4v) is 3.65. The third-order valence-electron chi connectivity index (χ3n) is 2.84. The first kappa shape index (κ1) is 17.3. The lowest BCUT2D eigenvalue weighted by Gasteiger charge is -2.06. The molecule has 0 bridgehead atoms. The average molecular weight is 356 g/mol. The quantitative estimate of drug-likeness (QED) is 0.684. The normalized spacial score (nSPS) is 10.6. The number of carbonyl (C=O) groups excluding carboxylic acids is 1. The third kappa shape index (κ3) is 6.38. The Kier molecular flexibility index (Phi) is 7.77. The summed E-state index contributed by atoms with van der Waals surface area (Å²) < 4.78 is 5.24. The van der Waals surface area contributed by atoms with E-state index in [1.807, 2.05) is 36.4 Å². The van der Waals surface area contributed by atoms with E-state index in [1.54, 1.807) is 29.8 Å². The summed E-state index contributed by atoms with van der Waals surface area (Å²) in [5.41, 5.74) is 1.07. The van der Waals surface area contributed by atoms with Gasteiger partial charge in [-0.3, -0.25) is 4.79 Å². The van der Waals surface area contributed by atoms with Crippen molar-refractivity contribution in [1.82, 2.24) is 5.32 Å². The zero-order chi connectivity index (χ0) is 15.6. The Morgan fingerprint density at radius 1 is 1.14 bits per heavy atom. The number of carbonyl (C=O) groups is 1. The molecule has 0 fully saturated rings. The standard InChI is InChI=1S/C16H18ClNO2S2/c17-15-6-2-1-4-13(15)10-22-12-16(19)18-7-9-21-11-14-5-3-8-20-14/h1-6,8H,7,9-12H2,(H,18,19). The maximum absolute atomic E-state index is 11.7. The van der Waals surface area contributed by atoms with Crippen LogP contribution in [0.25, 0.3) is 0 Å². The largest absolute Gasteiger partial charge is 0.468 e. The number of furan rings is 1. The highest BCUT2D eigenvalue weighted by atomic mass is 35.5. The summed E-state index contributed by atoms with van der Waals surface area (Å²) in [5, 5.41) is 3.67. The van der Waals surface area contributed by atoms with Crippen molar-refractivity contribution in [2.24, 2.45) is 0 Å². The molecule has 0 atom stereocenters. The van der Waals surface area contributed by atoms with Gasteiger partial charge in [0.25, 0.3) is 0 Å². The molecule has 3 nitrogen and oxygen atoms in total. The smallest absolute Gasteiger partial charge is 0.230 e. The molecular formula is C16H18ClNO2S2. The summed E-state index contributed by atoms with van der Waals surface area (Å²) in [7, 11) is 0. The molecule has 1 N–H and O–H groups in total. The van der Waals surface area contributed by atoms with Gasteiger partial charge in [0.1, 0.15) is 5.76 Å². The van der Waals surface area contributed by atoms with Gasteiger partial charge in [0.15, 0.2) is 0 Å². The highest BCUT2D eigenvalue weighted by Crippen LogP contribution is 2.20. The van der Waals surface area contributed by atoms with Crippen molar-refractivity contribution in [1.29, 1.82) is 0 Å². The van der Waals surface area contributed by atoms with E-state index in [-0.39, 0.29) is 5.91 Å². The van der Waals surface area contributed by atoms with E-state index in [0.717, 1.165) is 33.6 Å². The van der Waals surface area contributed by atoms with Crippen molar-refractivity contribution < 1.29 is 9.21 Å². The second-order valence-electron chi connectivity index (χ2n) is 4.57. The minimum absolute atomic E-state index is 0.0654. The van der Waals surface area contributed by atoms with E-state index >= 15 is 0 Å². The van der Waals surface area contributed by atoms with Crippen LogP contribution in [0.3, 0.4) is 0 Å². The number of amides is 1. The minimum Gasteiger partial charge on any atom is -0.468 e. The molecule has 22 heavy (non-hydrogen) atoms. The molecule has 6 heteroatoms. The van der Waals surface area contributed by atoms with Crippen LogP contribution < -0.4 is 5.32 Å². The van der Waals surface area contributed by atoms with Gasteiger partial charge in [-0.2, -0.15) is 11.8 Å². The van der Waals surface area contributed by atoms with Crippen LogP contribution in [-0.4, -0.2) is 24.0 Å². The van der Waals surface area contributed by atoms with Gasteiger partial charge in [0.2, 0.25) is 5.91 Å². The van der Waals surface area contributed by atoms with Gasteiger partial charge in [-0.15, -0.1) is 11.8 Å². The molecule has 0 aliphatic carbocycles. The van der Waals surface area contributed by atoms with E-state index in [4.69, 9.17) is 16.0 Å². The van der Waals surface area contributed by atoms with Gasteiger partial charge < -0.3 is 9.73 Å².